The van der Waals surface area contributed by atoms with E-state index in [0.717, 1.165) is 16.7 Å². The molecule has 186 valence electrons. The minimum Gasteiger partial charge on any atom is -0.444 e. The van der Waals surface area contributed by atoms with Gasteiger partial charge in [-0.25, -0.2) is 14.2 Å². The molecule has 0 saturated heterocycles. The van der Waals surface area contributed by atoms with Crippen LogP contribution in [0.3, 0.4) is 0 Å². The van der Waals surface area contributed by atoms with Crippen molar-refractivity contribution >= 4 is 25.1 Å². The van der Waals surface area contributed by atoms with Gasteiger partial charge in [0.1, 0.15) is 12.4 Å². The second-order valence-electron chi connectivity index (χ2n) is 7.36. The van der Waals surface area contributed by atoms with Gasteiger partial charge in [-0.3, -0.25) is 15.1 Å². The highest BCUT2D eigenvalue weighted by molar-refractivity contribution is 7.54. The fraction of sp³-hybridized carbons (Fsp3) is 0.240. The van der Waals surface area contributed by atoms with Gasteiger partial charge in [-0.15, -0.1) is 0 Å². The maximum Gasteiger partial charge on any atom is 0.412 e. The summed E-state index contributed by atoms with van der Waals surface area (Å²) in [6.45, 7) is 3.39. The number of nitrogens with one attached hydrogen (secondary N) is 1. The Balaban J connectivity index is 1.92. The first-order chi connectivity index (χ1) is 16.9. The van der Waals surface area contributed by atoms with E-state index in [0.29, 0.717) is 5.69 Å². The van der Waals surface area contributed by atoms with Gasteiger partial charge in [0.25, 0.3) is 0 Å². The van der Waals surface area contributed by atoms with Gasteiger partial charge in [-0.1, -0.05) is 54.6 Å². The summed E-state index contributed by atoms with van der Waals surface area (Å²) in [7, 11) is -3.99. The molecule has 0 spiro atoms. The van der Waals surface area contributed by atoms with Gasteiger partial charge in [0.05, 0.1) is 24.6 Å². The molecule has 0 fully saturated rings. The van der Waals surface area contributed by atoms with Crippen LogP contribution >= 0.6 is 7.60 Å². The lowest BCUT2D eigenvalue weighted by Crippen LogP contribution is -2.27. The molecule has 35 heavy (non-hydrogen) atoms. The number of benzene rings is 3. The number of halogens is 1. The van der Waals surface area contributed by atoms with Crippen LogP contribution in [0, 0.1) is 5.82 Å². The van der Waals surface area contributed by atoms with Crippen LogP contribution in [0.5, 0.6) is 0 Å². The number of hydrogen-bond acceptors (Lipinski definition) is 7. The lowest BCUT2D eigenvalue weighted by atomic mass is 10.1. The van der Waals surface area contributed by atoms with Crippen molar-refractivity contribution in [3.63, 3.8) is 0 Å². The first kappa shape index (κ1) is 26.4. The summed E-state index contributed by atoms with van der Waals surface area (Å²) in [4.78, 5) is 12.3. The third kappa shape index (κ3) is 6.90. The molecule has 10 heteroatoms. The van der Waals surface area contributed by atoms with Crippen LogP contribution in [0.2, 0.25) is 0 Å². The van der Waals surface area contributed by atoms with Gasteiger partial charge in [-0.2, -0.15) is 0 Å². The molecule has 3 aromatic rings. The number of nitrogens with zero attached hydrogens (tertiary/aromatic N) is 1. The van der Waals surface area contributed by atoms with Gasteiger partial charge >= 0.3 is 13.7 Å². The number of carbonyl (C=O) groups is 1. The summed E-state index contributed by atoms with van der Waals surface area (Å²) in [5.41, 5.74) is 1.07. The first-order valence-electron chi connectivity index (χ1n) is 11.1. The molecule has 3 rings (SSSR count). The summed E-state index contributed by atoms with van der Waals surface area (Å²) in [6.07, 6.45) is -0.872. The second kappa shape index (κ2) is 12.5. The van der Waals surface area contributed by atoms with E-state index >= 15 is 0 Å². The fourth-order valence-corrected chi connectivity index (χ4v) is 5.39. The average Bonchev–Trinajstić information content (AvgIpc) is 2.86. The fourth-order valence-electron chi connectivity index (χ4n) is 3.39. The van der Waals surface area contributed by atoms with E-state index in [1.807, 2.05) is 18.2 Å². The highest BCUT2D eigenvalue weighted by atomic mass is 31.2. The number of anilines is 2. The van der Waals surface area contributed by atoms with Crippen molar-refractivity contribution in [2.75, 3.05) is 23.6 Å². The molecule has 0 aliphatic heterocycles. The second-order valence-corrected chi connectivity index (χ2v) is 9.44. The molecule has 0 saturated carbocycles. The third-order valence-corrected chi connectivity index (χ3v) is 7.26. The Labute approximate surface area is 203 Å². The van der Waals surface area contributed by atoms with E-state index in [1.165, 1.54) is 12.1 Å². The van der Waals surface area contributed by atoms with Crippen LogP contribution in [0.15, 0.2) is 78.9 Å². The minimum atomic E-state index is -3.99. The Hall–Kier alpha value is -3.23. The molecular formula is C25H28FN2O6P. The summed E-state index contributed by atoms with van der Waals surface area (Å²) in [5.74, 6) is -2.08. The SMILES string of the molecule is CCOP(=O)(OCC)C(c1ccc(F)c(NC(=O)OCc2ccccc2)c1)N(O)c1ccccc1. The number of rotatable bonds is 11. The smallest absolute Gasteiger partial charge is 0.412 e. The van der Waals surface area contributed by atoms with Crippen molar-refractivity contribution in [2.24, 2.45) is 0 Å². The van der Waals surface area contributed by atoms with Gasteiger partial charge in [0.15, 0.2) is 5.78 Å². The maximum atomic E-state index is 14.6. The molecular weight excluding hydrogens is 474 g/mol. The molecule has 0 aromatic heterocycles. The van der Waals surface area contributed by atoms with Gasteiger partial charge in [-0.05, 0) is 49.2 Å². The predicted molar refractivity (Wildman–Crippen MR) is 131 cm³/mol. The Bertz CT molecular complexity index is 1140. The minimum absolute atomic E-state index is 0.00108. The van der Waals surface area contributed by atoms with Gasteiger partial charge < -0.3 is 13.8 Å². The zero-order valence-corrected chi connectivity index (χ0v) is 20.4. The Morgan fingerprint density at radius 2 is 1.60 bits per heavy atom. The maximum absolute atomic E-state index is 14.6. The van der Waals surface area contributed by atoms with Crippen molar-refractivity contribution in [3.05, 3.63) is 95.8 Å². The zero-order valence-electron chi connectivity index (χ0n) is 19.5. The van der Waals surface area contributed by atoms with Crippen LogP contribution in [0.4, 0.5) is 20.6 Å². The molecule has 2 N–H and O–H groups in total. The lowest BCUT2D eigenvalue weighted by Gasteiger charge is -2.33. The predicted octanol–water partition coefficient (Wildman–Crippen LogP) is 6.73. The Kier molecular flexibility index (Phi) is 9.39. The molecule has 1 unspecified atom stereocenters. The third-order valence-electron chi connectivity index (χ3n) is 4.91. The van der Waals surface area contributed by atoms with E-state index < -0.39 is 25.3 Å². The van der Waals surface area contributed by atoms with Crippen molar-refractivity contribution < 1.29 is 32.7 Å². The summed E-state index contributed by atoms with van der Waals surface area (Å²) < 4.78 is 44.5. The van der Waals surface area contributed by atoms with Crippen LogP contribution in [0.1, 0.15) is 30.8 Å². The quantitative estimate of drug-likeness (QED) is 0.221. The summed E-state index contributed by atoms with van der Waals surface area (Å²) in [5, 5.41) is 14.2. The summed E-state index contributed by atoms with van der Waals surface area (Å²) in [6, 6.07) is 21.1. The van der Waals surface area contributed by atoms with Gasteiger partial charge in [0.2, 0.25) is 0 Å². The number of para-hydroxylation sites is 1. The normalized spacial score (nSPS) is 12.1. The number of ether oxygens (including phenoxy) is 1. The van der Waals surface area contributed by atoms with Crippen LogP contribution in [-0.4, -0.2) is 24.5 Å². The topological polar surface area (TPSA) is 97.3 Å². The van der Waals surface area contributed by atoms with Crippen molar-refractivity contribution in [2.45, 2.75) is 26.2 Å². The van der Waals surface area contributed by atoms with Crippen LogP contribution in [-0.2, 0) is 25.0 Å². The molecule has 0 bridgehead atoms. The van der Waals surface area contributed by atoms with E-state index in [-0.39, 0.29) is 31.1 Å². The zero-order chi connectivity index (χ0) is 25.3. The van der Waals surface area contributed by atoms with Gasteiger partial charge in [0, 0.05) is 0 Å². The number of hydroxylamine groups is 1. The van der Waals surface area contributed by atoms with Crippen molar-refractivity contribution in [3.8, 4) is 0 Å². The first-order valence-corrected chi connectivity index (χ1v) is 12.7. The van der Waals surface area contributed by atoms with Crippen LogP contribution < -0.4 is 10.4 Å². The molecule has 0 heterocycles. The van der Waals surface area contributed by atoms with Crippen LogP contribution in [0.25, 0.3) is 0 Å². The Morgan fingerprint density at radius 3 is 2.20 bits per heavy atom. The molecule has 0 aliphatic rings. The Morgan fingerprint density at radius 1 is 1.00 bits per heavy atom. The van der Waals surface area contributed by atoms with E-state index in [2.05, 4.69) is 5.32 Å². The molecule has 0 aliphatic carbocycles. The molecule has 0 radical (unpaired) electrons. The molecule has 1 amide bonds. The number of hydrogen-bond donors (Lipinski definition) is 2. The molecule has 8 nitrogen and oxygen atoms in total. The van der Waals surface area contributed by atoms with Crippen molar-refractivity contribution in [1.29, 1.82) is 0 Å². The van der Waals surface area contributed by atoms with E-state index in [1.54, 1.807) is 56.3 Å². The molecule has 1 atom stereocenters. The average molecular weight is 502 g/mol. The molecule has 3 aromatic carbocycles. The summed E-state index contributed by atoms with van der Waals surface area (Å²) >= 11 is 0. The monoisotopic (exact) mass is 502 g/mol. The van der Waals surface area contributed by atoms with E-state index in [4.69, 9.17) is 13.8 Å². The lowest BCUT2D eigenvalue weighted by molar-refractivity contribution is 0.155. The highest BCUT2D eigenvalue weighted by Crippen LogP contribution is 2.62. The highest BCUT2D eigenvalue weighted by Gasteiger charge is 2.42. The number of amides is 1. The largest absolute Gasteiger partial charge is 0.444 e. The standard InChI is InChI=1S/C25H28FN2O6P/c1-3-33-35(31,34-4-2)24(28(30)21-13-9-6-10-14-21)20-15-16-22(26)23(17-20)27-25(29)32-18-19-11-7-5-8-12-19/h5-17,24,30H,3-4,18H2,1-2H3,(H,27,29). The number of carbonyl (C=O) groups excluding carboxylic acids is 1. The van der Waals surface area contributed by atoms with E-state index in [9.17, 15) is 19.0 Å². The van der Waals surface area contributed by atoms with Crippen molar-refractivity contribution in [1.82, 2.24) is 0 Å².